The van der Waals surface area contributed by atoms with Gasteiger partial charge in [0.05, 0.1) is 19.0 Å². The monoisotopic (exact) mass is 392 g/mol. The van der Waals surface area contributed by atoms with Gasteiger partial charge in [0.1, 0.15) is 18.3 Å². The number of ether oxygens (including phenoxy) is 3. The van der Waals surface area contributed by atoms with Crippen LogP contribution in [0.2, 0.25) is 0 Å². The molecule has 0 aromatic heterocycles. The van der Waals surface area contributed by atoms with Crippen molar-refractivity contribution in [2.45, 2.75) is 71.4 Å². The van der Waals surface area contributed by atoms with Crippen LogP contribution in [0.4, 0.5) is 0 Å². The standard InChI is InChI=1S/C17H28O8S/c1-6-13(7-2)24-15-10-12(17(19)22-8-3)9-14(23-11(4)18)16(15)25-26(5,20)21/h10,13-16H,6-9H2,1-5H3. The van der Waals surface area contributed by atoms with Crippen LogP contribution in [-0.2, 0) is 38.1 Å². The molecule has 0 bridgehead atoms. The van der Waals surface area contributed by atoms with Crippen LogP contribution >= 0.6 is 0 Å². The van der Waals surface area contributed by atoms with Gasteiger partial charge in [-0.1, -0.05) is 13.8 Å². The first-order valence-corrected chi connectivity index (χ1v) is 10.5. The van der Waals surface area contributed by atoms with Gasteiger partial charge >= 0.3 is 11.9 Å². The van der Waals surface area contributed by atoms with E-state index >= 15 is 0 Å². The number of carbonyl (C=O) groups excluding carboxylic acids is 2. The van der Waals surface area contributed by atoms with Crippen LogP contribution in [0.15, 0.2) is 11.6 Å². The highest BCUT2D eigenvalue weighted by atomic mass is 32.2. The Morgan fingerprint density at radius 3 is 2.31 bits per heavy atom. The molecule has 8 nitrogen and oxygen atoms in total. The lowest BCUT2D eigenvalue weighted by molar-refractivity contribution is -0.160. The lowest BCUT2D eigenvalue weighted by Gasteiger charge is -2.36. The molecule has 3 unspecified atom stereocenters. The molecule has 26 heavy (non-hydrogen) atoms. The van der Waals surface area contributed by atoms with Crippen molar-refractivity contribution < 1.29 is 36.4 Å². The summed E-state index contributed by atoms with van der Waals surface area (Å²) in [6, 6.07) is 0. The molecular formula is C17H28O8S. The second-order valence-electron chi connectivity index (χ2n) is 6.07. The van der Waals surface area contributed by atoms with Crippen molar-refractivity contribution in [3.8, 4) is 0 Å². The molecule has 9 heteroatoms. The molecule has 0 aromatic rings. The molecule has 1 rings (SSSR count). The fourth-order valence-corrected chi connectivity index (χ4v) is 3.38. The quantitative estimate of drug-likeness (QED) is 0.431. The topological polar surface area (TPSA) is 105 Å². The van der Waals surface area contributed by atoms with Gasteiger partial charge in [0.25, 0.3) is 10.1 Å². The van der Waals surface area contributed by atoms with Crippen LogP contribution in [0.25, 0.3) is 0 Å². The smallest absolute Gasteiger partial charge is 0.333 e. The van der Waals surface area contributed by atoms with Crippen molar-refractivity contribution >= 4 is 22.1 Å². The zero-order valence-electron chi connectivity index (χ0n) is 15.9. The van der Waals surface area contributed by atoms with Crippen LogP contribution in [0.1, 0.15) is 47.0 Å². The Morgan fingerprint density at radius 2 is 1.85 bits per heavy atom. The maximum absolute atomic E-state index is 12.1. The fourth-order valence-electron chi connectivity index (χ4n) is 2.74. The summed E-state index contributed by atoms with van der Waals surface area (Å²) in [5, 5.41) is 0. The summed E-state index contributed by atoms with van der Waals surface area (Å²) >= 11 is 0. The average molecular weight is 392 g/mol. The Hall–Kier alpha value is -1.45. The van der Waals surface area contributed by atoms with Crippen molar-refractivity contribution in [3.63, 3.8) is 0 Å². The molecule has 0 heterocycles. The Labute approximate surface area is 154 Å². The zero-order chi connectivity index (χ0) is 19.9. The van der Waals surface area contributed by atoms with E-state index in [9.17, 15) is 18.0 Å². The number of esters is 2. The van der Waals surface area contributed by atoms with E-state index in [4.69, 9.17) is 18.4 Å². The highest BCUT2D eigenvalue weighted by Crippen LogP contribution is 2.29. The molecule has 0 N–H and O–H groups in total. The second-order valence-corrected chi connectivity index (χ2v) is 7.67. The minimum absolute atomic E-state index is 0.0125. The summed E-state index contributed by atoms with van der Waals surface area (Å²) < 4.78 is 44.7. The Morgan fingerprint density at radius 1 is 1.23 bits per heavy atom. The summed E-state index contributed by atoms with van der Waals surface area (Å²) in [7, 11) is -3.84. The van der Waals surface area contributed by atoms with E-state index in [0.717, 1.165) is 6.26 Å². The van der Waals surface area contributed by atoms with Crippen molar-refractivity contribution in [3.05, 3.63) is 11.6 Å². The van der Waals surface area contributed by atoms with Crippen molar-refractivity contribution in [2.75, 3.05) is 12.9 Å². The van der Waals surface area contributed by atoms with Gasteiger partial charge in [-0.25, -0.2) is 4.79 Å². The largest absolute Gasteiger partial charge is 0.463 e. The van der Waals surface area contributed by atoms with Crippen molar-refractivity contribution in [1.82, 2.24) is 0 Å². The van der Waals surface area contributed by atoms with E-state index in [-0.39, 0.29) is 24.7 Å². The van der Waals surface area contributed by atoms with Gasteiger partial charge < -0.3 is 14.2 Å². The van der Waals surface area contributed by atoms with Gasteiger partial charge in [0.2, 0.25) is 0 Å². The van der Waals surface area contributed by atoms with E-state index in [1.165, 1.54) is 13.0 Å². The van der Waals surface area contributed by atoms with Gasteiger partial charge in [0.15, 0.2) is 0 Å². The van der Waals surface area contributed by atoms with Crippen LogP contribution in [0.5, 0.6) is 0 Å². The van der Waals surface area contributed by atoms with E-state index < -0.39 is 40.4 Å². The van der Waals surface area contributed by atoms with Crippen LogP contribution in [0, 0.1) is 0 Å². The molecule has 3 atom stereocenters. The minimum Gasteiger partial charge on any atom is -0.463 e. The third-order valence-electron chi connectivity index (χ3n) is 3.88. The first-order valence-electron chi connectivity index (χ1n) is 8.69. The van der Waals surface area contributed by atoms with Crippen LogP contribution < -0.4 is 0 Å². The molecule has 0 radical (unpaired) electrons. The highest BCUT2D eigenvalue weighted by Gasteiger charge is 2.42. The van der Waals surface area contributed by atoms with E-state index in [1.54, 1.807) is 6.92 Å². The van der Waals surface area contributed by atoms with Gasteiger partial charge in [-0.2, -0.15) is 8.42 Å². The first-order chi connectivity index (χ1) is 12.1. The number of carbonyl (C=O) groups is 2. The number of rotatable bonds is 9. The van der Waals surface area contributed by atoms with Crippen LogP contribution in [-0.4, -0.2) is 57.6 Å². The molecule has 1 aliphatic rings. The number of hydrogen-bond acceptors (Lipinski definition) is 8. The summed E-state index contributed by atoms with van der Waals surface area (Å²) in [6.45, 7) is 6.94. The van der Waals surface area contributed by atoms with Gasteiger partial charge in [-0.15, -0.1) is 0 Å². The molecule has 0 spiro atoms. The summed E-state index contributed by atoms with van der Waals surface area (Å²) in [5.74, 6) is -1.16. The van der Waals surface area contributed by atoms with Crippen LogP contribution in [0.3, 0.4) is 0 Å². The van der Waals surface area contributed by atoms with Gasteiger partial charge in [0, 0.05) is 18.9 Å². The summed E-state index contributed by atoms with van der Waals surface area (Å²) in [4.78, 5) is 23.6. The summed E-state index contributed by atoms with van der Waals surface area (Å²) in [6.07, 6.45) is 0.704. The predicted octanol–water partition coefficient (Wildman–Crippen LogP) is 1.73. The lowest BCUT2D eigenvalue weighted by atomic mass is 9.91. The Balaban J connectivity index is 3.26. The van der Waals surface area contributed by atoms with E-state index in [2.05, 4.69) is 0 Å². The normalized spacial score (nSPS) is 23.5. The Bertz CT molecular complexity index is 621. The maximum atomic E-state index is 12.1. The zero-order valence-corrected chi connectivity index (χ0v) is 16.7. The van der Waals surface area contributed by atoms with Crippen molar-refractivity contribution in [2.24, 2.45) is 0 Å². The van der Waals surface area contributed by atoms with Gasteiger partial charge in [-0.3, -0.25) is 8.98 Å². The minimum atomic E-state index is -3.84. The summed E-state index contributed by atoms with van der Waals surface area (Å²) in [5.41, 5.74) is 0.266. The Kier molecular flexibility index (Phi) is 8.72. The molecule has 0 aliphatic heterocycles. The molecule has 0 fully saturated rings. The van der Waals surface area contributed by atoms with E-state index in [0.29, 0.717) is 12.8 Å². The molecule has 0 amide bonds. The fraction of sp³-hybridized carbons (Fsp3) is 0.765. The molecule has 0 saturated carbocycles. The van der Waals surface area contributed by atoms with Gasteiger partial charge in [-0.05, 0) is 25.8 Å². The molecule has 0 aromatic carbocycles. The van der Waals surface area contributed by atoms with E-state index in [1.807, 2.05) is 13.8 Å². The second kappa shape index (κ2) is 10.0. The first kappa shape index (κ1) is 22.6. The third kappa shape index (κ3) is 7.05. The third-order valence-corrected chi connectivity index (χ3v) is 4.45. The molecule has 150 valence electrons. The number of hydrogen-bond donors (Lipinski definition) is 0. The molecule has 1 aliphatic carbocycles. The van der Waals surface area contributed by atoms with Crippen molar-refractivity contribution in [1.29, 1.82) is 0 Å². The average Bonchev–Trinajstić information content (AvgIpc) is 2.53. The molecule has 0 saturated heterocycles. The highest BCUT2D eigenvalue weighted by molar-refractivity contribution is 7.86. The SMILES string of the molecule is CCOC(=O)C1=CC(OC(CC)CC)C(OS(C)(=O)=O)C(OC(C)=O)C1. The maximum Gasteiger partial charge on any atom is 0.333 e. The lowest BCUT2D eigenvalue weighted by Crippen LogP contribution is -2.48. The molecular weight excluding hydrogens is 364 g/mol. The predicted molar refractivity (Wildman–Crippen MR) is 93.8 cm³/mol.